The Labute approximate surface area is 104 Å². The third-order valence-corrected chi connectivity index (χ3v) is 3.68. The summed E-state index contributed by atoms with van der Waals surface area (Å²) >= 11 is 0. The molecule has 1 aliphatic heterocycles. The minimum absolute atomic E-state index is 0.404. The van der Waals surface area contributed by atoms with Crippen molar-refractivity contribution in [3.8, 4) is 0 Å². The molecule has 2 heterocycles. The average molecular weight is 236 g/mol. The van der Waals surface area contributed by atoms with Crippen molar-refractivity contribution in [1.82, 2.24) is 20.0 Å². The van der Waals surface area contributed by atoms with Crippen molar-refractivity contribution < 1.29 is 0 Å². The van der Waals surface area contributed by atoms with Gasteiger partial charge in [-0.3, -0.25) is 4.68 Å². The molecule has 2 atom stereocenters. The Morgan fingerprint density at radius 2 is 2.41 bits per heavy atom. The lowest BCUT2D eigenvalue weighted by Gasteiger charge is -2.16. The number of aryl methyl sites for hydroxylation is 1. The van der Waals surface area contributed by atoms with Gasteiger partial charge in [0.2, 0.25) is 0 Å². The number of rotatable bonds is 5. The van der Waals surface area contributed by atoms with E-state index >= 15 is 0 Å². The summed E-state index contributed by atoms with van der Waals surface area (Å²) in [7, 11) is 2.20. The molecule has 96 valence electrons. The molecule has 1 aliphatic rings. The summed E-state index contributed by atoms with van der Waals surface area (Å²) in [4.78, 5) is 2.41. The van der Waals surface area contributed by atoms with Crippen LogP contribution in [-0.2, 0) is 6.54 Å². The Morgan fingerprint density at radius 1 is 1.59 bits per heavy atom. The van der Waals surface area contributed by atoms with Gasteiger partial charge in [0.1, 0.15) is 0 Å². The van der Waals surface area contributed by atoms with Gasteiger partial charge in [0, 0.05) is 30.9 Å². The van der Waals surface area contributed by atoms with Crippen LogP contribution in [0.2, 0.25) is 0 Å². The highest BCUT2D eigenvalue weighted by Gasteiger charge is 2.19. The van der Waals surface area contributed by atoms with E-state index in [0.29, 0.717) is 6.04 Å². The van der Waals surface area contributed by atoms with E-state index in [1.54, 1.807) is 0 Å². The fourth-order valence-corrected chi connectivity index (χ4v) is 2.43. The van der Waals surface area contributed by atoms with Gasteiger partial charge in [0.05, 0.1) is 6.20 Å². The first-order chi connectivity index (χ1) is 8.19. The SMILES string of the molecule is CCn1cc(C(C)NCC2CCN(C)C2)cn1. The molecule has 1 aromatic heterocycles. The van der Waals surface area contributed by atoms with E-state index in [4.69, 9.17) is 0 Å². The minimum atomic E-state index is 0.404. The lowest BCUT2D eigenvalue weighted by atomic mass is 10.1. The molecule has 1 N–H and O–H groups in total. The maximum Gasteiger partial charge on any atom is 0.0537 e. The maximum absolute atomic E-state index is 4.32. The van der Waals surface area contributed by atoms with Gasteiger partial charge in [-0.2, -0.15) is 5.10 Å². The highest BCUT2D eigenvalue weighted by molar-refractivity contribution is 5.09. The first-order valence-corrected chi connectivity index (χ1v) is 6.63. The van der Waals surface area contributed by atoms with E-state index < -0.39 is 0 Å². The second-order valence-corrected chi connectivity index (χ2v) is 5.18. The average Bonchev–Trinajstić information content (AvgIpc) is 2.94. The molecule has 4 heteroatoms. The van der Waals surface area contributed by atoms with Crippen LogP contribution >= 0.6 is 0 Å². The molecule has 0 aromatic carbocycles. The molecule has 0 aliphatic carbocycles. The zero-order valence-electron chi connectivity index (χ0n) is 11.2. The molecule has 0 saturated carbocycles. The van der Waals surface area contributed by atoms with Crippen LogP contribution in [-0.4, -0.2) is 41.4 Å². The van der Waals surface area contributed by atoms with E-state index in [2.05, 4.69) is 42.4 Å². The van der Waals surface area contributed by atoms with Crippen molar-refractivity contribution in [3.05, 3.63) is 18.0 Å². The summed E-state index contributed by atoms with van der Waals surface area (Å²) in [5.74, 6) is 0.809. The van der Waals surface area contributed by atoms with Crippen LogP contribution < -0.4 is 5.32 Å². The zero-order chi connectivity index (χ0) is 12.3. The van der Waals surface area contributed by atoms with Crippen molar-refractivity contribution in [2.75, 3.05) is 26.7 Å². The number of nitrogens with one attached hydrogen (secondary N) is 1. The standard InChI is InChI=1S/C13H24N4/c1-4-17-10-13(8-15-17)11(2)14-7-12-5-6-16(3)9-12/h8,10-12,14H,4-7,9H2,1-3H3. The molecule has 1 fully saturated rings. The fraction of sp³-hybridized carbons (Fsp3) is 0.769. The van der Waals surface area contributed by atoms with Gasteiger partial charge in [0.15, 0.2) is 0 Å². The predicted octanol–water partition coefficient (Wildman–Crippen LogP) is 1.51. The molecule has 0 spiro atoms. The molecule has 1 aromatic rings. The van der Waals surface area contributed by atoms with Crippen LogP contribution in [0.1, 0.15) is 31.9 Å². The van der Waals surface area contributed by atoms with Crippen LogP contribution in [0, 0.1) is 5.92 Å². The van der Waals surface area contributed by atoms with Gasteiger partial charge in [-0.15, -0.1) is 0 Å². The molecule has 0 radical (unpaired) electrons. The van der Waals surface area contributed by atoms with Crippen LogP contribution in [0.15, 0.2) is 12.4 Å². The third kappa shape index (κ3) is 3.30. The Kier molecular flexibility index (Phi) is 4.18. The summed E-state index contributed by atoms with van der Waals surface area (Å²) < 4.78 is 1.98. The van der Waals surface area contributed by atoms with Crippen LogP contribution in [0.5, 0.6) is 0 Å². The molecule has 4 nitrogen and oxygen atoms in total. The summed E-state index contributed by atoms with van der Waals surface area (Å²) in [5, 5.41) is 7.93. The first-order valence-electron chi connectivity index (χ1n) is 6.63. The van der Waals surface area contributed by atoms with E-state index in [1.807, 2.05) is 10.9 Å². The van der Waals surface area contributed by atoms with Crippen molar-refractivity contribution >= 4 is 0 Å². The Bertz CT molecular complexity index is 347. The molecular formula is C13H24N4. The molecule has 0 bridgehead atoms. The van der Waals surface area contributed by atoms with E-state index in [9.17, 15) is 0 Å². The first kappa shape index (κ1) is 12.6. The maximum atomic E-state index is 4.32. The second kappa shape index (κ2) is 5.65. The monoisotopic (exact) mass is 236 g/mol. The number of aromatic nitrogens is 2. The Morgan fingerprint density at radius 3 is 3.00 bits per heavy atom. The number of hydrogen-bond donors (Lipinski definition) is 1. The highest BCUT2D eigenvalue weighted by Crippen LogP contribution is 2.16. The molecule has 2 unspecified atom stereocenters. The molecule has 0 amide bonds. The molecular weight excluding hydrogens is 212 g/mol. The van der Waals surface area contributed by atoms with Crippen molar-refractivity contribution in [2.24, 2.45) is 5.92 Å². The van der Waals surface area contributed by atoms with Gasteiger partial charge < -0.3 is 10.2 Å². The van der Waals surface area contributed by atoms with E-state index in [0.717, 1.165) is 19.0 Å². The molecule has 2 rings (SSSR count). The summed E-state index contributed by atoms with van der Waals surface area (Å²) in [5.41, 5.74) is 1.29. The summed E-state index contributed by atoms with van der Waals surface area (Å²) in [6, 6.07) is 0.404. The lowest BCUT2D eigenvalue weighted by molar-refractivity contribution is 0.382. The molecule has 17 heavy (non-hydrogen) atoms. The van der Waals surface area contributed by atoms with Gasteiger partial charge in [-0.05, 0) is 46.3 Å². The van der Waals surface area contributed by atoms with Gasteiger partial charge in [-0.1, -0.05) is 0 Å². The minimum Gasteiger partial charge on any atom is -0.310 e. The highest BCUT2D eigenvalue weighted by atomic mass is 15.3. The number of hydrogen-bond acceptors (Lipinski definition) is 3. The smallest absolute Gasteiger partial charge is 0.0537 e. The number of nitrogens with zero attached hydrogens (tertiary/aromatic N) is 3. The third-order valence-electron chi connectivity index (χ3n) is 3.68. The lowest BCUT2D eigenvalue weighted by Crippen LogP contribution is -2.27. The Hall–Kier alpha value is -0.870. The van der Waals surface area contributed by atoms with Crippen LogP contribution in [0.25, 0.3) is 0 Å². The summed E-state index contributed by atoms with van der Waals surface area (Å²) in [6.45, 7) is 8.87. The topological polar surface area (TPSA) is 33.1 Å². The second-order valence-electron chi connectivity index (χ2n) is 5.18. The zero-order valence-corrected chi connectivity index (χ0v) is 11.2. The molecule has 1 saturated heterocycles. The van der Waals surface area contributed by atoms with E-state index in [1.165, 1.54) is 25.1 Å². The normalized spacial score (nSPS) is 23.1. The van der Waals surface area contributed by atoms with Gasteiger partial charge in [-0.25, -0.2) is 0 Å². The predicted molar refractivity (Wildman–Crippen MR) is 69.9 cm³/mol. The quantitative estimate of drug-likeness (QED) is 0.841. The van der Waals surface area contributed by atoms with E-state index in [-0.39, 0.29) is 0 Å². The summed E-state index contributed by atoms with van der Waals surface area (Å²) in [6.07, 6.45) is 5.44. The van der Waals surface area contributed by atoms with Crippen LogP contribution in [0.4, 0.5) is 0 Å². The van der Waals surface area contributed by atoms with Gasteiger partial charge >= 0.3 is 0 Å². The van der Waals surface area contributed by atoms with Crippen LogP contribution in [0.3, 0.4) is 0 Å². The number of likely N-dealkylation sites (tertiary alicyclic amines) is 1. The van der Waals surface area contributed by atoms with Crippen molar-refractivity contribution in [2.45, 2.75) is 32.9 Å². The fourth-order valence-electron chi connectivity index (χ4n) is 2.43. The largest absolute Gasteiger partial charge is 0.310 e. The Balaban J connectivity index is 1.78. The van der Waals surface area contributed by atoms with Gasteiger partial charge in [0.25, 0.3) is 0 Å². The van der Waals surface area contributed by atoms with Crippen molar-refractivity contribution in [1.29, 1.82) is 0 Å². The van der Waals surface area contributed by atoms with Crippen molar-refractivity contribution in [3.63, 3.8) is 0 Å².